The number of amides is 2. The molecule has 3 N–H and O–H groups in total. The highest BCUT2D eigenvalue weighted by Crippen LogP contribution is 2.21. The van der Waals surface area contributed by atoms with Crippen molar-refractivity contribution in [2.24, 2.45) is 0 Å². The second-order valence-electron chi connectivity index (χ2n) is 6.26. The fourth-order valence-corrected chi connectivity index (χ4v) is 4.32. The molecule has 0 fully saturated rings. The van der Waals surface area contributed by atoms with E-state index in [0.29, 0.717) is 5.69 Å². The van der Waals surface area contributed by atoms with Crippen molar-refractivity contribution in [1.29, 1.82) is 0 Å². The molecule has 11 nitrogen and oxygen atoms in total. The second-order valence-corrected chi connectivity index (χ2v) is 8.20. The van der Waals surface area contributed by atoms with Crippen LogP contribution in [0.5, 0.6) is 0 Å². The first-order valence-corrected chi connectivity index (χ1v) is 10.8. The first-order chi connectivity index (χ1) is 14.6. The van der Waals surface area contributed by atoms with E-state index in [4.69, 9.17) is 0 Å². The number of nitrogens with zero attached hydrogens (tertiary/aromatic N) is 2. The third-order valence-electron chi connectivity index (χ3n) is 4.46. The third kappa shape index (κ3) is 5.35. The number of nitro groups is 1. The van der Waals surface area contributed by atoms with Crippen LogP contribution in [0, 0.1) is 10.1 Å². The van der Waals surface area contributed by atoms with Crippen LogP contribution in [0.25, 0.3) is 0 Å². The molecule has 0 aromatic heterocycles. The van der Waals surface area contributed by atoms with Gasteiger partial charge >= 0.3 is 0 Å². The molecule has 31 heavy (non-hydrogen) atoms. The third-order valence-corrected chi connectivity index (χ3v) is 6.50. The Labute approximate surface area is 179 Å². The lowest BCUT2D eigenvalue weighted by Gasteiger charge is -2.18. The first kappa shape index (κ1) is 23.8. The van der Waals surface area contributed by atoms with Gasteiger partial charge in [-0.3, -0.25) is 30.6 Å². The van der Waals surface area contributed by atoms with E-state index in [1.54, 1.807) is 20.9 Å². The van der Waals surface area contributed by atoms with E-state index >= 15 is 0 Å². The average molecular weight is 449 g/mol. The van der Waals surface area contributed by atoms with Crippen LogP contribution >= 0.6 is 0 Å². The highest BCUT2D eigenvalue weighted by molar-refractivity contribution is 7.89. The van der Waals surface area contributed by atoms with E-state index in [1.807, 2.05) is 0 Å². The van der Waals surface area contributed by atoms with Crippen LogP contribution in [-0.2, 0) is 10.0 Å². The van der Waals surface area contributed by atoms with Crippen molar-refractivity contribution in [2.75, 3.05) is 25.5 Å². The van der Waals surface area contributed by atoms with Gasteiger partial charge in [0.2, 0.25) is 10.0 Å². The normalized spacial score (nSPS) is 11.1. The van der Waals surface area contributed by atoms with Crippen molar-refractivity contribution >= 4 is 33.2 Å². The number of nitro benzene ring substituents is 1. The van der Waals surface area contributed by atoms with Gasteiger partial charge in [-0.25, -0.2) is 8.42 Å². The molecule has 0 saturated heterocycles. The summed E-state index contributed by atoms with van der Waals surface area (Å²) in [6, 6.07) is 9.10. The van der Waals surface area contributed by atoms with Crippen molar-refractivity contribution in [1.82, 2.24) is 15.2 Å². The zero-order valence-electron chi connectivity index (χ0n) is 17.2. The maximum absolute atomic E-state index is 12.6. The van der Waals surface area contributed by atoms with Gasteiger partial charge in [-0.05, 0) is 24.3 Å². The van der Waals surface area contributed by atoms with Gasteiger partial charge in [-0.15, -0.1) is 0 Å². The Morgan fingerprint density at radius 1 is 1.03 bits per heavy atom. The lowest BCUT2D eigenvalue weighted by molar-refractivity contribution is -0.384. The highest BCUT2D eigenvalue weighted by Gasteiger charge is 2.23. The summed E-state index contributed by atoms with van der Waals surface area (Å²) in [6.07, 6.45) is 0. The number of non-ortho nitro benzene ring substituents is 1. The number of nitrogens with one attached hydrogen (secondary N) is 3. The number of anilines is 1. The summed E-state index contributed by atoms with van der Waals surface area (Å²) < 4.78 is 26.5. The van der Waals surface area contributed by atoms with E-state index in [1.165, 1.54) is 40.7 Å². The van der Waals surface area contributed by atoms with Crippen molar-refractivity contribution in [3.05, 3.63) is 63.7 Å². The van der Waals surface area contributed by atoms with E-state index in [2.05, 4.69) is 16.2 Å². The Morgan fingerprint density at radius 3 is 2.26 bits per heavy atom. The number of rotatable bonds is 8. The van der Waals surface area contributed by atoms with Crippen molar-refractivity contribution in [3.63, 3.8) is 0 Å². The zero-order valence-corrected chi connectivity index (χ0v) is 18.0. The molecule has 2 aromatic carbocycles. The van der Waals surface area contributed by atoms with Crippen molar-refractivity contribution in [3.8, 4) is 0 Å². The van der Waals surface area contributed by atoms with Crippen LogP contribution in [0.3, 0.4) is 0 Å². The second kappa shape index (κ2) is 10.00. The largest absolute Gasteiger partial charge is 0.387 e. The number of sulfonamides is 1. The Morgan fingerprint density at radius 2 is 1.68 bits per heavy atom. The van der Waals surface area contributed by atoms with Crippen LogP contribution in [0.15, 0.2) is 47.4 Å². The topological polar surface area (TPSA) is 151 Å². The molecule has 2 aromatic rings. The molecule has 166 valence electrons. The Hall–Kier alpha value is -3.51. The molecule has 0 radical (unpaired) electrons. The standard InChI is InChI=1S/C19H23N5O6S/c1-4-23(5-2)31(29,30)15-8-6-7-13(11-15)18(25)21-22-19(26)16-12-14(24(27)28)9-10-17(16)20-3/h6-12,20H,4-5H2,1-3H3,(H,21,25)(H,22,26). The summed E-state index contributed by atoms with van der Waals surface area (Å²) in [5.74, 6) is -1.53. The average Bonchev–Trinajstić information content (AvgIpc) is 2.77. The molecular weight excluding hydrogens is 426 g/mol. The van der Waals surface area contributed by atoms with Gasteiger partial charge in [-0.1, -0.05) is 19.9 Å². The fraction of sp³-hybridized carbons (Fsp3) is 0.263. The van der Waals surface area contributed by atoms with Gasteiger partial charge in [0, 0.05) is 43.5 Å². The van der Waals surface area contributed by atoms with Gasteiger partial charge in [-0.2, -0.15) is 4.31 Å². The number of carbonyl (C=O) groups excluding carboxylic acids is 2. The summed E-state index contributed by atoms with van der Waals surface area (Å²) in [5, 5.41) is 13.7. The quantitative estimate of drug-likeness (QED) is 0.410. The maximum atomic E-state index is 12.6. The summed E-state index contributed by atoms with van der Waals surface area (Å²) in [4.78, 5) is 35.1. The minimum Gasteiger partial charge on any atom is -0.387 e. The summed E-state index contributed by atoms with van der Waals surface area (Å²) >= 11 is 0. The number of hydrazine groups is 1. The predicted molar refractivity (Wildman–Crippen MR) is 114 cm³/mol. The molecule has 2 rings (SSSR count). The van der Waals surface area contributed by atoms with Crippen LogP contribution in [0.4, 0.5) is 11.4 Å². The minimum absolute atomic E-state index is 0.0152. The number of carbonyl (C=O) groups is 2. The lowest BCUT2D eigenvalue weighted by atomic mass is 10.1. The van der Waals surface area contributed by atoms with Crippen molar-refractivity contribution < 1.29 is 22.9 Å². The van der Waals surface area contributed by atoms with Gasteiger partial charge in [0.15, 0.2) is 0 Å². The molecule has 2 amide bonds. The SMILES string of the molecule is CCN(CC)S(=O)(=O)c1cccc(C(=O)NNC(=O)c2cc([N+](=O)[O-])ccc2NC)c1. The van der Waals surface area contributed by atoms with Gasteiger partial charge in [0.25, 0.3) is 17.5 Å². The number of hydrogen-bond acceptors (Lipinski definition) is 7. The molecule has 0 bridgehead atoms. The Kier molecular flexibility index (Phi) is 7.67. The zero-order chi connectivity index (χ0) is 23.2. The fourth-order valence-electron chi connectivity index (χ4n) is 2.82. The molecular formula is C19H23N5O6S. The first-order valence-electron chi connectivity index (χ1n) is 9.32. The maximum Gasteiger partial charge on any atom is 0.272 e. The predicted octanol–water partition coefficient (Wildman–Crippen LogP) is 1.74. The van der Waals surface area contributed by atoms with Crippen LogP contribution in [-0.4, -0.2) is 49.6 Å². The molecule has 0 aliphatic carbocycles. The molecule has 0 heterocycles. The van der Waals surface area contributed by atoms with E-state index in [-0.39, 0.29) is 34.8 Å². The Balaban J connectivity index is 2.20. The molecule has 0 saturated carbocycles. The summed E-state index contributed by atoms with van der Waals surface area (Å²) in [7, 11) is -2.22. The highest BCUT2D eigenvalue weighted by atomic mass is 32.2. The monoisotopic (exact) mass is 449 g/mol. The Bertz CT molecular complexity index is 1100. The summed E-state index contributed by atoms with van der Waals surface area (Å²) in [6.45, 7) is 3.98. The van der Waals surface area contributed by atoms with Crippen molar-refractivity contribution in [2.45, 2.75) is 18.7 Å². The molecule has 0 aliphatic rings. The molecule has 12 heteroatoms. The van der Waals surface area contributed by atoms with Crippen LogP contribution in [0.1, 0.15) is 34.6 Å². The van der Waals surface area contributed by atoms with E-state index in [9.17, 15) is 28.1 Å². The summed E-state index contributed by atoms with van der Waals surface area (Å²) in [5.41, 5.74) is 4.37. The van der Waals surface area contributed by atoms with Crippen LogP contribution < -0.4 is 16.2 Å². The molecule has 0 spiro atoms. The van der Waals surface area contributed by atoms with E-state index < -0.39 is 26.8 Å². The van der Waals surface area contributed by atoms with E-state index in [0.717, 1.165) is 6.07 Å². The van der Waals surface area contributed by atoms with Gasteiger partial charge < -0.3 is 5.32 Å². The molecule has 0 unspecified atom stereocenters. The van der Waals surface area contributed by atoms with Gasteiger partial charge in [0.05, 0.1) is 15.4 Å². The number of benzene rings is 2. The minimum atomic E-state index is -3.76. The molecule has 0 aliphatic heterocycles. The lowest BCUT2D eigenvalue weighted by Crippen LogP contribution is -2.42. The number of hydrogen-bond donors (Lipinski definition) is 3. The smallest absolute Gasteiger partial charge is 0.272 e. The van der Waals surface area contributed by atoms with Crippen LogP contribution in [0.2, 0.25) is 0 Å². The molecule has 0 atom stereocenters. The van der Waals surface area contributed by atoms with Gasteiger partial charge in [0.1, 0.15) is 0 Å².